The zero-order valence-electron chi connectivity index (χ0n) is 9.79. The molecule has 0 unspecified atom stereocenters. The van der Waals surface area contributed by atoms with Gasteiger partial charge in [-0.15, -0.1) is 0 Å². The van der Waals surface area contributed by atoms with Crippen LogP contribution in [0.15, 0.2) is 28.9 Å². The lowest BCUT2D eigenvalue weighted by molar-refractivity contribution is 0.0663. The highest BCUT2D eigenvalue weighted by Gasteiger charge is 2.09. The summed E-state index contributed by atoms with van der Waals surface area (Å²) < 4.78 is 11.7. The zero-order valence-corrected chi connectivity index (χ0v) is 9.79. The van der Waals surface area contributed by atoms with Crippen LogP contribution >= 0.6 is 0 Å². The van der Waals surface area contributed by atoms with Crippen molar-refractivity contribution in [1.82, 2.24) is 9.78 Å². The van der Waals surface area contributed by atoms with Crippen LogP contribution in [0.2, 0.25) is 0 Å². The van der Waals surface area contributed by atoms with Gasteiger partial charge in [0.2, 0.25) is 5.76 Å². The number of carboxylic acid groups (broad SMARTS) is 1. The van der Waals surface area contributed by atoms with Gasteiger partial charge in [-0.05, 0) is 6.07 Å². The third-order valence-electron chi connectivity index (χ3n) is 2.24. The van der Waals surface area contributed by atoms with Gasteiger partial charge in [-0.3, -0.25) is 4.68 Å². The summed E-state index contributed by atoms with van der Waals surface area (Å²) in [5, 5.41) is 15.7. The lowest BCUT2D eigenvalue weighted by Gasteiger charge is -1.99. The number of nitrogens with zero attached hydrogens (tertiary/aromatic N) is 2. The van der Waals surface area contributed by atoms with Gasteiger partial charge in [-0.25, -0.2) is 4.79 Å². The Morgan fingerprint density at radius 1 is 1.61 bits per heavy atom. The Morgan fingerprint density at radius 2 is 2.44 bits per heavy atom. The molecule has 2 rings (SSSR count). The SMILES string of the molecule is COCCn1cc(Nc2ccc(C(=O)O)o2)cn1. The molecule has 0 spiro atoms. The first-order valence-corrected chi connectivity index (χ1v) is 5.30. The molecule has 2 heterocycles. The van der Waals surface area contributed by atoms with Crippen LogP contribution in [0.3, 0.4) is 0 Å². The van der Waals surface area contributed by atoms with E-state index < -0.39 is 5.97 Å². The van der Waals surface area contributed by atoms with E-state index in [9.17, 15) is 4.79 Å². The van der Waals surface area contributed by atoms with Crippen molar-refractivity contribution in [2.24, 2.45) is 0 Å². The number of anilines is 2. The van der Waals surface area contributed by atoms with Crippen molar-refractivity contribution in [2.45, 2.75) is 6.54 Å². The number of ether oxygens (including phenoxy) is 1. The van der Waals surface area contributed by atoms with Gasteiger partial charge in [0.1, 0.15) is 0 Å². The third-order valence-corrected chi connectivity index (χ3v) is 2.24. The van der Waals surface area contributed by atoms with Crippen LogP contribution < -0.4 is 5.32 Å². The van der Waals surface area contributed by atoms with Crippen molar-refractivity contribution in [3.63, 3.8) is 0 Å². The van der Waals surface area contributed by atoms with Gasteiger partial charge in [-0.1, -0.05) is 0 Å². The van der Waals surface area contributed by atoms with Gasteiger partial charge in [-0.2, -0.15) is 5.10 Å². The van der Waals surface area contributed by atoms with E-state index in [1.165, 1.54) is 6.07 Å². The summed E-state index contributed by atoms with van der Waals surface area (Å²) in [6.07, 6.45) is 3.40. The molecular formula is C11H13N3O4. The van der Waals surface area contributed by atoms with Crippen molar-refractivity contribution < 1.29 is 19.1 Å². The van der Waals surface area contributed by atoms with Gasteiger partial charge >= 0.3 is 5.97 Å². The molecule has 2 N–H and O–H groups in total. The first kappa shape index (κ1) is 12.2. The fourth-order valence-corrected chi connectivity index (χ4v) is 1.40. The van der Waals surface area contributed by atoms with Gasteiger partial charge in [0, 0.05) is 19.4 Å². The molecule has 0 aliphatic rings. The molecular weight excluding hydrogens is 238 g/mol. The Balaban J connectivity index is 1.99. The molecule has 0 saturated heterocycles. The molecule has 7 heteroatoms. The number of methoxy groups -OCH3 is 1. The number of carboxylic acids is 1. The number of nitrogens with one attached hydrogen (secondary N) is 1. The lowest BCUT2D eigenvalue weighted by Crippen LogP contribution is -2.03. The zero-order chi connectivity index (χ0) is 13.0. The minimum absolute atomic E-state index is 0.107. The Bertz CT molecular complexity index is 532. The molecule has 0 aliphatic heterocycles. The molecule has 0 aromatic carbocycles. The second-order valence-electron chi connectivity index (χ2n) is 3.58. The molecule has 0 aliphatic carbocycles. The Kier molecular flexibility index (Phi) is 3.63. The van der Waals surface area contributed by atoms with E-state index in [4.69, 9.17) is 14.3 Å². The van der Waals surface area contributed by atoms with E-state index in [1.807, 2.05) is 0 Å². The number of hydrogen-bond donors (Lipinski definition) is 2. The lowest BCUT2D eigenvalue weighted by atomic mass is 10.4. The summed E-state index contributed by atoms with van der Waals surface area (Å²) in [4.78, 5) is 10.6. The Labute approximate surface area is 103 Å². The maximum Gasteiger partial charge on any atom is 0.371 e. The van der Waals surface area contributed by atoms with Crippen molar-refractivity contribution in [2.75, 3.05) is 19.0 Å². The minimum Gasteiger partial charge on any atom is -0.475 e. The van der Waals surface area contributed by atoms with Crippen molar-refractivity contribution >= 4 is 17.5 Å². The molecule has 0 amide bonds. The molecule has 2 aromatic heterocycles. The van der Waals surface area contributed by atoms with Gasteiger partial charge in [0.05, 0.1) is 25.0 Å². The van der Waals surface area contributed by atoms with E-state index in [0.717, 1.165) is 5.69 Å². The fourth-order valence-electron chi connectivity index (χ4n) is 1.40. The monoisotopic (exact) mass is 251 g/mol. The molecule has 0 bridgehead atoms. The topological polar surface area (TPSA) is 89.5 Å². The summed E-state index contributed by atoms with van der Waals surface area (Å²) in [7, 11) is 1.62. The van der Waals surface area contributed by atoms with Crippen LogP contribution in [-0.2, 0) is 11.3 Å². The summed E-state index contributed by atoms with van der Waals surface area (Å²) >= 11 is 0. The highest BCUT2D eigenvalue weighted by Crippen LogP contribution is 2.18. The Morgan fingerprint density at radius 3 is 3.11 bits per heavy atom. The average Bonchev–Trinajstić information content (AvgIpc) is 2.96. The van der Waals surface area contributed by atoms with Crippen LogP contribution in [0, 0.1) is 0 Å². The van der Waals surface area contributed by atoms with Gasteiger partial charge in [0.15, 0.2) is 5.88 Å². The number of furan rings is 1. The van der Waals surface area contributed by atoms with E-state index in [-0.39, 0.29) is 5.76 Å². The van der Waals surface area contributed by atoms with E-state index in [2.05, 4.69) is 10.4 Å². The van der Waals surface area contributed by atoms with Crippen LogP contribution in [0.1, 0.15) is 10.6 Å². The molecule has 0 saturated carbocycles. The fraction of sp³-hybridized carbons (Fsp3) is 0.273. The average molecular weight is 251 g/mol. The van der Waals surface area contributed by atoms with Gasteiger partial charge < -0.3 is 19.6 Å². The van der Waals surface area contributed by atoms with E-state index in [1.54, 1.807) is 30.3 Å². The number of hydrogen-bond acceptors (Lipinski definition) is 5. The second kappa shape index (κ2) is 5.37. The highest BCUT2D eigenvalue weighted by atomic mass is 16.5. The molecule has 7 nitrogen and oxygen atoms in total. The predicted octanol–water partition coefficient (Wildman–Crippen LogP) is 1.56. The van der Waals surface area contributed by atoms with Crippen LogP contribution in [0.5, 0.6) is 0 Å². The molecule has 18 heavy (non-hydrogen) atoms. The summed E-state index contributed by atoms with van der Waals surface area (Å²) in [5.41, 5.74) is 0.720. The number of carbonyl (C=O) groups is 1. The maximum absolute atomic E-state index is 10.6. The summed E-state index contributed by atoms with van der Waals surface area (Å²) in [5.74, 6) is -0.846. The third kappa shape index (κ3) is 2.89. The first-order valence-electron chi connectivity index (χ1n) is 5.30. The molecule has 2 aromatic rings. The molecule has 96 valence electrons. The number of rotatable bonds is 6. The first-order chi connectivity index (χ1) is 8.69. The predicted molar refractivity (Wildman–Crippen MR) is 63.1 cm³/mol. The summed E-state index contributed by atoms with van der Waals surface area (Å²) in [6.45, 7) is 1.22. The largest absolute Gasteiger partial charge is 0.475 e. The number of aromatic nitrogens is 2. The maximum atomic E-state index is 10.6. The van der Waals surface area contributed by atoms with Crippen molar-refractivity contribution in [3.8, 4) is 0 Å². The van der Waals surface area contributed by atoms with Crippen molar-refractivity contribution in [3.05, 3.63) is 30.3 Å². The van der Waals surface area contributed by atoms with E-state index >= 15 is 0 Å². The molecule has 0 atom stereocenters. The van der Waals surface area contributed by atoms with E-state index in [0.29, 0.717) is 19.0 Å². The standard InChI is InChI=1S/C11H13N3O4/c1-17-5-4-14-7-8(6-12-14)13-10-3-2-9(18-10)11(15)16/h2-3,6-7,13H,4-5H2,1H3,(H,15,16). The van der Waals surface area contributed by atoms with Crippen LogP contribution in [0.4, 0.5) is 11.6 Å². The smallest absolute Gasteiger partial charge is 0.371 e. The highest BCUT2D eigenvalue weighted by molar-refractivity contribution is 5.85. The second-order valence-corrected chi connectivity index (χ2v) is 3.58. The normalized spacial score (nSPS) is 10.5. The van der Waals surface area contributed by atoms with Crippen molar-refractivity contribution in [1.29, 1.82) is 0 Å². The van der Waals surface area contributed by atoms with Crippen LogP contribution in [-0.4, -0.2) is 34.6 Å². The summed E-state index contributed by atoms with van der Waals surface area (Å²) in [6, 6.07) is 2.94. The molecule has 0 radical (unpaired) electrons. The number of aromatic carboxylic acids is 1. The van der Waals surface area contributed by atoms with Gasteiger partial charge in [0.25, 0.3) is 0 Å². The quantitative estimate of drug-likeness (QED) is 0.809. The molecule has 0 fully saturated rings. The van der Waals surface area contributed by atoms with Crippen LogP contribution in [0.25, 0.3) is 0 Å². The Hall–Kier alpha value is -2.28. The minimum atomic E-state index is -1.10.